The monoisotopic (exact) mass is 470 g/mol. The molecule has 0 saturated carbocycles. The lowest BCUT2D eigenvalue weighted by Crippen LogP contribution is -2.42. The first kappa shape index (κ1) is 24.0. The molecular weight excluding hydrogens is 448 g/mol. The molecule has 12 nitrogen and oxygen atoms in total. The zero-order valence-electron chi connectivity index (χ0n) is 17.8. The molecule has 2 aromatic carbocycles. The summed E-state index contributed by atoms with van der Waals surface area (Å²) in [6, 6.07) is 7.29. The lowest BCUT2D eigenvalue weighted by molar-refractivity contribution is -0.145. The van der Waals surface area contributed by atoms with Crippen LogP contribution in [0.1, 0.15) is 39.1 Å². The van der Waals surface area contributed by atoms with Crippen LogP contribution in [0.25, 0.3) is 0 Å². The molecule has 1 heterocycles. The number of hydrogen-bond donors (Lipinski definition) is 5. The number of esters is 1. The molecule has 7 N–H and O–H groups in total. The molecular formula is C22H22N4O8. The van der Waals surface area contributed by atoms with Gasteiger partial charge in [-0.25, -0.2) is 14.6 Å². The van der Waals surface area contributed by atoms with Crippen molar-refractivity contribution < 1.29 is 38.9 Å². The van der Waals surface area contributed by atoms with Gasteiger partial charge in [-0.1, -0.05) is 6.07 Å². The van der Waals surface area contributed by atoms with Gasteiger partial charge in [0.05, 0.1) is 29.8 Å². The molecule has 0 aromatic heterocycles. The van der Waals surface area contributed by atoms with E-state index in [9.17, 15) is 24.3 Å². The number of ether oxygens (including phenoxy) is 2. The Bertz CT molecular complexity index is 1170. The average molecular weight is 470 g/mol. The molecule has 2 aromatic rings. The highest BCUT2D eigenvalue weighted by Gasteiger charge is 2.27. The first-order valence-electron chi connectivity index (χ1n) is 10.1. The van der Waals surface area contributed by atoms with Crippen molar-refractivity contribution >= 4 is 35.5 Å². The lowest BCUT2D eigenvalue weighted by Gasteiger charge is -2.19. The number of para-hydroxylation sites is 1. The molecule has 34 heavy (non-hydrogen) atoms. The predicted molar refractivity (Wildman–Crippen MR) is 118 cm³/mol. The second-order valence-electron chi connectivity index (χ2n) is 7.31. The van der Waals surface area contributed by atoms with Gasteiger partial charge < -0.3 is 36.5 Å². The zero-order chi connectivity index (χ0) is 24.8. The van der Waals surface area contributed by atoms with Crippen LogP contribution in [0.15, 0.2) is 41.4 Å². The number of carboxylic acids is 2. The van der Waals surface area contributed by atoms with Crippen LogP contribution in [0.4, 0.5) is 5.69 Å². The Morgan fingerprint density at radius 1 is 1.15 bits per heavy atom. The number of fused-ring (bicyclic) bond motifs is 2. The third kappa shape index (κ3) is 5.79. The molecule has 1 aliphatic rings. The minimum atomic E-state index is -1.66. The van der Waals surface area contributed by atoms with Crippen LogP contribution in [0.5, 0.6) is 11.5 Å². The molecule has 0 unspecified atom stereocenters. The number of hydrogen-bond acceptors (Lipinski definition) is 7. The van der Waals surface area contributed by atoms with E-state index < -0.39 is 36.3 Å². The summed E-state index contributed by atoms with van der Waals surface area (Å²) >= 11 is 0. The molecule has 178 valence electrons. The van der Waals surface area contributed by atoms with Crippen molar-refractivity contribution in [3.8, 4) is 11.5 Å². The Kier molecular flexibility index (Phi) is 7.31. The number of aliphatic imine (C=N–C) groups is 1. The summed E-state index contributed by atoms with van der Waals surface area (Å²) < 4.78 is 11.2. The van der Waals surface area contributed by atoms with E-state index in [0.717, 1.165) is 0 Å². The van der Waals surface area contributed by atoms with E-state index in [1.165, 1.54) is 24.3 Å². The number of carbonyl (C=O) groups excluding carboxylic acids is 2. The van der Waals surface area contributed by atoms with Gasteiger partial charge in [0, 0.05) is 0 Å². The van der Waals surface area contributed by atoms with Crippen LogP contribution in [0.2, 0.25) is 0 Å². The van der Waals surface area contributed by atoms with Crippen molar-refractivity contribution in [2.75, 3.05) is 6.61 Å². The second-order valence-corrected chi connectivity index (χ2v) is 7.31. The number of nitrogens with two attached hydrogens (primary N) is 2. The average Bonchev–Trinajstić information content (AvgIpc) is 2.75. The Morgan fingerprint density at radius 2 is 1.91 bits per heavy atom. The van der Waals surface area contributed by atoms with E-state index in [4.69, 9.17) is 26.0 Å². The molecule has 0 bridgehead atoms. The van der Waals surface area contributed by atoms with Crippen molar-refractivity contribution in [1.29, 1.82) is 0 Å². The number of carboxylic acid groups (broad SMARTS) is 2. The van der Waals surface area contributed by atoms with Crippen LogP contribution in [0.3, 0.4) is 0 Å². The molecule has 0 saturated heterocycles. The van der Waals surface area contributed by atoms with E-state index in [1.54, 1.807) is 12.1 Å². The van der Waals surface area contributed by atoms with Gasteiger partial charge in [-0.05, 0) is 48.7 Å². The fourth-order valence-corrected chi connectivity index (χ4v) is 3.33. The quantitative estimate of drug-likeness (QED) is 0.174. The van der Waals surface area contributed by atoms with Crippen molar-refractivity contribution in [2.24, 2.45) is 16.5 Å². The second kappa shape index (κ2) is 10.3. The van der Waals surface area contributed by atoms with Crippen LogP contribution < -0.4 is 26.3 Å². The van der Waals surface area contributed by atoms with E-state index in [0.29, 0.717) is 24.1 Å². The Hall–Kier alpha value is -4.61. The summed E-state index contributed by atoms with van der Waals surface area (Å²) in [4.78, 5) is 51.8. The van der Waals surface area contributed by atoms with Crippen LogP contribution in [0, 0.1) is 0 Å². The van der Waals surface area contributed by atoms with Gasteiger partial charge >= 0.3 is 17.9 Å². The first-order chi connectivity index (χ1) is 16.2. The van der Waals surface area contributed by atoms with E-state index >= 15 is 0 Å². The summed E-state index contributed by atoms with van der Waals surface area (Å²) in [5.41, 5.74) is 12.1. The van der Waals surface area contributed by atoms with Crippen LogP contribution in [-0.2, 0) is 16.0 Å². The number of amides is 1. The maximum absolute atomic E-state index is 12.9. The molecule has 0 radical (unpaired) electrons. The molecule has 0 spiro atoms. The Labute approximate surface area is 193 Å². The molecule has 1 amide bonds. The van der Waals surface area contributed by atoms with E-state index in [1.807, 2.05) is 0 Å². The summed E-state index contributed by atoms with van der Waals surface area (Å²) in [6.07, 6.45) is 0.0595. The van der Waals surface area contributed by atoms with Gasteiger partial charge in [0.2, 0.25) is 0 Å². The molecule has 1 atom stereocenters. The highest BCUT2D eigenvalue weighted by Crippen LogP contribution is 2.34. The minimum Gasteiger partial charge on any atom is -0.489 e. The number of nitrogens with one attached hydrogen (secondary N) is 1. The number of nitrogens with zero attached hydrogens (tertiary/aromatic N) is 1. The third-order valence-corrected chi connectivity index (χ3v) is 4.81. The minimum absolute atomic E-state index is 0.0519. The molecule has 0 fully saturated rings. The Morgan fingerprint density at radius 3 is 2.59 bits per heavy atom. The fourth-order valence-electron chi connectivity index (χ4n) is 3.33. The summed E-state index contributed by atoms with van der Waals surface area (Å²) in [5, 5.41) is 20.2. The molecule has 3 rings (SSSR count). The van der Waals surface area contributed by atoms with Crippen molar-refractivity contribution in [1.82, 2.24) is 5.32 Å². The smallest absolute Gasteiger partial charge is 0.343 e. The topological polar surface area (TPSA) is 204 Å². The van der Waals surface area contributed by atoms with Crippen molar-refractivity contribution in [3.05, 3.63) is 53.1 Å². The van der Waals surface area contributed by atoms with Gasteiger partial charge in [0.15, 0.2) is 17.5 Å². The number of rotatable bonds is 6. The predicted octanol–water partition coefficient (Wildman–Crippen LogP) is 0.793. The van der Waals surface area contributed by atoms with Gasteiger partial charge in [-0.3, -0.25) is 9.59 Å². The maximum Gasteiger partial charge on any atom is 0.343 e. The number of carbonyl (C=O) groups is 4. The summed E-state index contributed by atoms with van der Waals surface area (Å²) in [6.45, 7) is 0.137. The number of aliphatic carboxylic acids is 2. The normalized spacial score (nSPS) is 13.7. The van der Waals surface area contributed by atoms with Crippen LogP contribution in [-0.4, -0.2) is 52.6 Å². The number of aryl methyl sites for hydroxylation is 1. The van der Waals surface area contributed by atoms with E-state index in [-0.39, 0.29) is 35.2 Å². The van der Waals surface area contributed by atoms with Gasteiger partial charge in [-0.2, -0.15) is 0 Å². The van der Waals surface area contributed by atoms with Gasteiger partial charge in [0.1, 0.15) is 6.04 Å². The van der Waals surface area contributed by atoms with Gasteiger partial charge in [0.25, 0.3) is 5.91 Å². The molecule has 0 aliphatic carbocycles. The van der Waals surface area contributed by atoms with Crippen LogP contribution >= 0.6 is 0 Å². The molecule has 12 heteroatoms. The molecule has 1 aliphatic heterocycles. The highest BCUT2D eigenvalue weighted by atomic mass is 16.6. The highest BCUT2D eigenvalue weighted by molar-refractivity contribution is 6.01. The first-order valence-corrected chi connectivity index (χ1v) is 10.1. The zero-order valence-corrected chi connectivity index (χ0v) is 17.8. The standard InChI is InChI=1S/C22H22N4O8/c23-22(24)25-12-6-7-13-11(9-12)3-2-8-33-18-14(4-1-5-16(18)34-21(13)32)19(29)26-15(20(30)31)10-17(27)28/h1,4-7,9,15H,2-3,8,10H2,(H,26,29)(H,27,28)(H,30,31)(H4,23,24,25)/t15-/m1/s1. The summed E-state index contributed by atoms with van der Waals surface area (Å²) in [5.74, 6) is -4.73. The van der Waals surface area contributed by atoms with E-state index in [2.05, 4.69) is 10.3 Å². The largest absolute Gasteiger partial charge is 0.489 e. The number of guanidine groups is 1. The SMILES string of the molecule is NC(N)=Nc1ccc2c(c1)CCCOc1c(cccc1C(=O)N[C@H](CC(=O)O)C(=O)O)OC2=O. The Balaban J connectivity index is 1.93. The van der Waals surface area contributed by atoms with Gasteiger partial charge in [-0.15, -0.1) is 0 Å². The van der Waals surface area contributed by atoms with Crippen molar-refractivity contribution in [2.45, 2.75) is 25.3 Å². The lowest BCUT2D eigenvalue weighted by atomic mass is 10.0. The van der Waals surface area contributed by atoms with Crippen molar-refractivity contribution in [3.63, 3.8) is 0 Å². The maximum atomic E-state index is 12.9. The fraction of sp³-hybridized carbons (Fsp3) is 0.227. The summed E-state index contributed by atoms with van der Waals surface area (Å²) in [7, 11) is 0. The number of benzene rings is 2. The third-order valence-electron chi connectivity index (χ3n) is 4.81.